The SMILES string of the molecule is CCC(Cc1ccc(Cl)c(-c2nc(-c3ccc(C#CC4CC4)cn3)cc(=O)[nH]2)c1F)C(N)=O. The summed E-state index contributed by atoms with van der Waals surface area (Å²) >= 11 is 6.28. The molecular weight excluding hydrogens is 443 g/mol. The number of hydrogen-bond acceptors (Lipinski definition) is 4. The molecule has 6 nitrogen and oxygen atoms in total. The van der Waals surface area contributed by atoms with Crippen LogP contribution in [0.1, 0.15) is 37.3 Å². The Bertz CT molecular complexity index is 1320. The summed E-state index contributed by atoms with van der Waals surface area (Å²) in [6, 6.07) is 7.84. The van der Waals surface area contributed by atoms with Crippen LogP contribution in [0.4, 0.5) is 4.39 Å². The van der Waals surface area contributed by atoms with E-state index in [2.05, 4.69) is 26.8 Å². The Hall–Kier alpha value is -3.50. The molecule has 0 bridgehead atoms. The topological polar surface area (TPSA) is 102 Å². The lowest BCUT2D eigenvalue weighted by atomic mass is 9.94. The van der Waals surface area contributed by atoms with E-state index in [1.54, 1.807) is 12.3 Å². The van der Waals surface area contributed by atoms with Crippen LogP contribution in [0.5, 0.6) is 0 Å². The lowest BCUT2D eigenvalue weighted by Gasteiger charge is -2.14. The molecule has 0 saturated heterocycles. The molecule has 1 aromatic carbocycles. The maximum Gasteiger partial charge on any atom is 0.251 e. The predicted octanol–water partition coefficient (Wildman–Crippen LogP) is 4.11. The van der Waals surface area contributed by atoms with E-state index in [4.69, 9.17) is 17.3 Å². The molecule has 0 spiro atoms. The number of carbonyl (C=O) groups is 1. The van der Waals surface area contributed by atoms with Gasteiger partial charge in [-0.25, -0.2) is 9.37 Å². The molecule has 2 heterocycles. The van der Waals surface area contributed by atoms with Crippen molar-refractivity contribution in [1.29, 1.82) is 0 Å². The molecule has 33 heavy (non-hydrogen) atoms. The fraction of sp³-hybridized carbons (Fsp3) is 0.280. The Kier molecular flexibility index (Phi) is 6.57. The van der Waals surface area contributed by atoms with Crippen LogP contribution >= 0.6 is 11.6 Å². The highest BCUT2D eigenvalue weighted by molar-refractivity contribution is 6.33. The van der Waals surface area contributed by atoms with Gasteiger partial charge in [-0.2, -0.15) is 0 Å². The first-order chi connectivity index (χ1) is 15.9. The second kappa shape index (κ2) is 9.55. The number of hydrogen-bond donors (Lipinski definition) is 2. The summed E-state index contributed by atoms with van der Waals surface area (Å²) in [5, 5.41) is 0.0855. The van der Waals surface area contributed by atoms with Crippen LogP contribution in [0.25, 0.3) is 22.8 Å². The fourth-order valence-electron chi connectivity index (χ4n) is 3.42. The highest BCUT2D eigenvalue weighted by Gasteiger charge is 2.22. The molecule has 3 aromatic rings. The first-order valence-corrected chi connectivity index (χ1v) is 11.1. The minimum Gasteiger partial charge on any atom is -0.369 e. The Balaban J connectivity index is 1.70. The molecule has 1 amide bonds. The average molecular weight is 465 g/mol. The van der Waals surface area contributed by atoms with Crippen molar-refractivity contribution in [2.75, 3.05) is 0 Å². The van der Waals surface area contributed by atoms with E-state index in [-0.39, 0.29) is 34.1 Å². The van der Waals surface area contributed by atoms with Gasteiger partial charge in [0.15, 0.2) is 0 Å². The highest BCUT2D eigenvalue weighted by atomic mass is 35.5. The molecule has 1 atom stereocenters. The van der Waals surface area contributed by atoms with Gasteiger partial charge < -0.3 is 10.7 Å². The zero-order valence-electron chi connectivity index (χ0n) is 18.0. The number of benzene rings is 1. The van der Waals surface area contributed by atoms with Gasteiger partial charge in [0.05, 0.1) is 22.0 Å². The number of H-pyrrole nitrogens is 1. The number of pyridine rings is 1. The van der Waals surface area contributed by atoms with Crippen molar-refractivity contribution in [3.63, 3.8) is 0 Å². The molecular formula is C25H22ClFN4O2. The van der Waals surface area contributed by atoms with Gasteiger partial charge in [-0.1, -0.05) is 36.4 Å². The Morgan fingerprint density at radius 1 is 1.30 bits per heavy atom. The molecule has 8 heteroatoms. The van der Waals surface area contributed by atoms with Crippen LogP contribution in [-0.2, 0) is 11.2 Å². The third kappa shape index (κ3) is 5.29. The van der Waals surface area contributed by atoms with Gasteiger partial charge in [0, 0.05) is 29.7 Å². The lowest BCUT2D eigenvalue weighted by Crippen LogP contribution is -2.24. The number of amides is 1. The normalized spacial score (nSPS) is 13.8. The number of primary amides is 1. The number of rotatable bonds is 6. The van der Waals surface area contributed by atoms with Crippen LogP contribution in [0.3, 0.4) is 0 Å². The molecule has 168 valence electrons. The summed E-state index contributed by atoms with van der Waals surface area (Å²) in [6.07, 6.45) is 4.50. The standard InChI is InChI=1S/C25H22ClFN4O2/c1-2-16(24(28)33)11-17-8-9-18(26)22(23(17)27)25-30-20(12-21(32)31-25)19-10-7-15(13-29-19)6-5-14-3-4-14/h7-10,12-14,16H,2-4,11H2,1H3,(H2,28,33)(H,30,31,32). The molecule has 3 N–H and O–H groups in total. The van der Waals surface area contributed by atoms with Crippen molar-refractivity contribution in [1.82, 2.24) is 15.0 Å². The second-order valence-electron chi connectivity index (χ2n) is 8.06. The zero-order valence-corrected chi connectivity index (χ0v) is 18.7. The van der Waals surface area contributed by atoms with E-state index in [1.165, 1.54) is 18.2 Å². The van der Waals surface area contributed by atoms with Gasteiger partial charge in [-0.05, 0) is 49.4 Å². The monoisotopic (exact) mass is 464 g/mol. The van der Waals surface area contributed by atoms with Gasteiger partial charge in [-0.3, -0.25) is 14.6 Å². The van der Waals surface area contributed by atoms with Gasteiger partial charge in [0.2, 0.25) is 5.91 Å². The first kappa shape index (κ1) is 22.7. The van der Waals surface area contributed by atoms with Crippen LogP contribution in [-0.4, -0.2) is 20.9 Å². The number of carbonyl (C=O) groups excluding carboxylic acids is 1. The summed E-state index contributed by atoms with van der Waals surface area (Å²) in [6.45, 7) is 1.81. The zero-order chi connectivity index (χ0) is 23.5. The number of halogens is 2. The lowest BCUT2D eigenvalue weighted by molar-refractivity contribution is -0.121. The summed E-state index contributed by atoms with van der Waals surface area (Å²) in [5.74, 6) is 5.04. The molecule has 2 aromatic heterocycles. The number of nitrogens with one attached hydrogen (secondary N) is 1. The van der Waals surface area contributed by atoms with Crippen molar-refractivity contribution in [3.8, 4) is 34.6 Å². The van der Waals surface area contributed by atoms with Crippen LogP contribution in [0.2, 0.25) is 5.02 Å². The highest BCUT2D eigenvalue weighted by Crippen LogP contribution is 2.32. The van der Waals surface area contributed by atoms with Crippen molar-refractivity contribution < 1.29 is 9.18 Å². The first-order valence-electron chi connectivity index (χ1n) is 10.7. The van der Waals surface area contributed by atoms with Gasteiger partial charge >= 0.3 is 0 Å². The molecule has 1 aliphatic rings. The Morgan fingerprint density at radius 2 is 2.09 bits per heavy atom. The quantitative estimate of drug-likeness (QED) is 0.536. The van der Waals surface area contributed by atoms with E-state index >= 15 is 4.39 Å². The predicted molar refractivity (Wildman–Crippen MR) is 125 cm³/mol. The van der Waals surface area contributed by atoms with E-state index in [0.29, 0.717) is 18.0 Å². The Labute approximate surface area is 195 Å². The van der Waals surface area contributed by atoms with Crippen molar-refractivity contribution in [3.05, 3.63) is 68.8 Å². The summed E-state index contributed by atoms with van der Waals surface area (Å²) in [7, 11) is 0. The maximum absolute atomic E-state index is 15.4. The minimum absolute atomic E-state index is 0.0200. The molecule has 1 saturated carbocycles. The van der Waals surface area contributed by atoms with Gasteiger partial charge in [0.25, 0.3) is 5.56 Å². The fourth-order valence-corrected chi connectivity index (χ4v) is 3.66. The van der Waals surface area contributed by atoms with Crippen molar-refractivity contribution in [2.45, 2.75) is 32.6 Å². The minimum atomic E-state index is -0.652. The van der Waals surface area contributed by atoms with Crippen LogP contribution < -0.4 is 11.3 Å². The van der Waals surface area contributed by atoms with Crippen molar-refractivity contribution >= 4 is 17.5 Å². The summed E-state index contributed by atoms with van der Waals surface area (Å²) in [5.41, 5.74) is 6.67. The van der Waals surface area contributed by atoms with Crippen LogP contribution in [0.15, 0.2) is 41.3 Å². The average Bonchev–Trinajstić information content (AvgIpc) is 3.62. The van der Waals surface area contributed by atoms with Gasteiger partial charge in [0.1, 0.15) is 11.6 Å². The summed E-state index contributed by atoms with van der Waals surface area (Å²) < 4.78 is 15.4. The molecule has 1 unspecified atom stereocenters. The van der Waals surface area contributed by atoms with Crippen LogP contribution in [0, 0.1) is 29.5 Å². The molecule has 1 aliphatic carbocycles. The largest absolute Gasteiger partial charge is 0.369 e. The van der Waals surface area contributed by atoms with E-state index < -0.39 is 23.2 Å². The van der Waals surface area contributed by atoms with E-state index in [0.717, 1.165) is 18.4 Å². The number of nitrogens with zero attached hydrogens (tertiary/aromatic N) is 2. The maximum atomic E-state index is 15.4. The third-order valence-corrected chi connectivity index (χ3v) is 5.85. The van der Waals surface area contributed by atoms with E-state index in [1.807, 2.05) is 13.0 Å². The van der Waals surface area contributed by atoms with Crippen molar-refractivity contribution in [2.24, 2.45) is 17.6 Å². The molecule has 0 aliphatic heterocycles. The molecule has 0 radical (unpaired) electrons. The summed E-state index contributed by atoms with van der Waals surface area (Å²) in [4.78, 5) is 35.3. The second-order valence-corrected chi connectivity index (χ2v) is 8.47. The number of aromatic nitrogens is 3. The molecule has 4 rings (SSSR count). The molecule has 1 fully saturated rings. The van der Waals surface area contributed by atoms with E-state index in [9.17, 15) is 9.59 Å². The third-order valence-electron chi connectivity index (χ3n) is 5.53. The van der Waals surface area contributed by atoms with Gasteiger partial charge in [-0.15, -0.1) is 0 Å². The number of nitrogens with two attached hydrogens (primary N) is 1. The Morgan fingerprint density at radius 3 is 2.73 bits per heavy atom. The number of aromatic amines is 1. The smallest absolute Gasteiger partial charge is 0.251 e.